The fourth-order valence-corrected chi connectivity index (χ4v) is 2.28. The number of nitrogens with zero attached hydrogens (tertiary/aromatic N) is 2. The molecule has 21 heavy (non-hydrogen) atoms. The minimum Gasteiger partial charge on any atom is -0.409 e. The largest absolute Gasteiger partial charge is 0.409 e. The van der Waals surface area contributed by atoms with Crippen LogP contribution in [0, 0.1) is 0 Å². The third-order valence-electron chi connectivity index (χ3n) is 3.18. The molecule has 0 fully saturated rings. The highest BCUT2D eigenvalue weighted by Crippen LogP contribution is 2.22. The summed E-state index contributed by atoms with van der Waals surface area (Å²) in [6.45, 7) is 2.67. The summed E-state index contributed by atoms with van der Waals surface area (Å²) in [5, 5.41) is 15.7. The van der Waals surface area contributed by atoms with Crippen LogP contribution in [-0.2, 0) is 6.54 Å². The predicted molar refractivity (Wildman–Crippen MR) is 83.5 cm³/mol. The molecule has 0 aliphatic rings. The molecule has 0 bridgehead atoms. The summed E-state index contributed by atoms with van der Waals surface area (Å²) in [4.78, 5) is 4.04. The standard InChI is InChI=1S/C15H17ClN4O/c1-10(12-4-2-3-5-13(12)16)19-9-11-6-7-18-14(8-11)15(17)20-21/h2-8,10,19,21H,9H2,1H3,(H2,17,20)/t10-/m1/s1. The van der Waals surface area contributed by atoms with Gasteiger partial charge in [-0.15, -0.1) is 0 Å². The molecule has 0 spiro atoms. The molecular weight excluding hydrogens is 288 g/mol. The Morgan fingerprint density at radius 2 is 2.19 bits per heavy atom. The number of aromatic nitrogens is 1. The highest BCUT2D eigenvalue weighted by Gasteiger charge is 2.09. The van der Waals surface area contributed by atoms with Gasteiger partial charge in [0, 0.05) is 23.8 Å². The monoisotopic (exact) mass is 304 g/mol. The summed E-state index contributed by atoms with van der Waals surface area (Å²) in [6.07, 6.45) is 1.63. The number of oxime groups is 1. The molecular formula is C15H17ClN4O. The molecule has 6 heteroatoms. The highest BCUT2D eigenvalue weighted by molar-refractivity contribution is 6.31. The average Bonchev–Trinajstić information content (AvgIpc) is 2.52. The molecule has 2 aromatic rings. The van der Waals surface area contributed by atoms with Crippen LogP contribution in [0.15, 0.2) is 47.8 Å². The Hall–Kier alpha value is -2.11. The molecule has 0 saturated carbocycles. The van der Waals surface area contributed by atoms with E-state index >= 15 is 0 Å². The summed E-state index contributed by atoms with van der Waals surface area (Å²) in [5.41, 5.74) is 8.01. The van der Waals surface area contributed by atoms with Crippen molar-refractivity contribution in [3.05, 3.63) is 64.4 Å². The molecule has 1 aromatic heterocycles. The fourth-order valence-electron chi connectivity index (χ4n) is 1.98. The zero-order valence-corrected chi connectivity index (χ0v) is 12.4. The van der Waals surface area contributed by atoms with Crippen molar-refractivity contribution in [2.45, 2.75) is 19.5 Å². The third kappa shape index (κ3) is 3.93. The lowest BCUT2D eigenvalue weighted by atomic mass is 10.1. The van der Waals surface area contributed by atoms with Gasteiger partial charge >= 0.3 is 0 Å². The van der Waals surface area contributed by atoms with E-state index < -0.39 is 0 Å². The molecule has 0 aliphatic carbocycles. The van der Waals surface area contributed by atoms with E-state index in [0.717, 1.165) is 16.1 Å². The van der Waals surface area contributed by atoms with E-state index in [1.165, 1.54) is 0 Å². The van der Waals surface area contributed by atoms with Crippen molar-refractivity contribution in [1.82, 2.24) is 10.3 Å². The predicted octanol–water partition coefficient (Wildman–Crippen LogP) is 2.68. The van der Waals surface area contributed by atoms with Crippen molar-refractivity contribution in [2.75, 3.05) is 0 Å². The Bertz CT molecular complexity index is 645. The second-order valence-electron chi connectivity index (χ2n) is 4.66. The van der Waals surface area contributed by atoms with Crippen LogP contribution in [0.4, 0.5) is 0 Å². The average molecular weight is 305 g/mol. The summed E-state index contributed by atoms with van der Waals surface area (Å²) in [7, 11) is 0. The first kappa shape index (κ1) is 15.3. The van der Waals surface area contributed by atoms with Crippen molar-refractivity contribution in [3.63, 3.8) is 0 Å². The lowest BCUT2D eigenvalue weighted by Crippen LogP contribution is -2.20. The topological polar surface area (TPSA) is 83.5 Å². The number of rotatable bonds is 5. The van der Waals surface area contributed by atoms with Gasteiger partial charge in [0.15, 0.2) is 5.84 Å². The van der Waals surface area contributed by atoms with E-state index in [-0.39, 0.29) is 11.9 Å². The zero-order valence-electron chi connectivity index (χ0n) is 11.6. The van der Waals surface area contributed by atoms with Crippen molar-refractivity contribution < 1.29 is 5.21 Å². The number of hydrogen-bond acceptors (Lipinski definition) is 4. The quantitative estimate of drug-likeness (QED) is 0.343. The molecule has 0 radical (unpaired) electrons. The molecule has 0 unspecified atom stereocenters. The molecule has 0 saturated heterocycles. The van der Waals surface area contributed by atoms with Crippen LogP contribution in [0.5, 0.6) is 0 Å². The van der Waals surface area contributed by atoms with Crippen molar-refractivity contribution in [3.8, 4) is 0 Å². The molecule has 0 amide bonds. The Morgan fingerprint density at radius 1 is 1.43 bits per heavy atom. The van der Waals surface area contributed by atoms with Crippen LogP contribution >= 0.6 is 11.6 Å². The van der Waals surface area contributed by atoms with Crippen molar-refractivity contribution in [2.24, 2.45) is 10.9 Å². The molecule has 4 N–H and O–H groups in total. The van der Waals surface area contributed by atoms with Crippen LogP contribution in [-0.4, -0.2) is 16.0 Å². The second kappa shape index (κ2) is 7.06. The van der Waals surface area contributed by atoms with Crippen molar-refractivity contribution in [1.29, 1.82) is 0 Å². The molecule has 110 valence electrons. The summed E-state index contributed by atoms with van der Waals surface area (Å²) < 4.78 is 0. The maximum atomic E-state index is 8.67. The molecule has 0 aliphatic heterocycles. The maximum absolute atomic E-state index is 8.67. The first-order valence-corrected chi connectivity index (χ1v) is 6.90. The molecule has 1 heterocycles. The number of nitrogens with one attached hydrogen (secondary N) is 1. The highest BCUT2D eigenvalue weighted by atomic mass is 35.5. The fraction of sp³-hybridized carbons (Fsp3) is 0.200. The molecule has 2 rings (SSSR count). The van der Waals surface area contributed by atoms with Gasteiger partial charge in [0.2, 0.25) is 0 Å². The van der Waals surface area contributed by atoms with E-state index in [1.807, 2.05) is 37.3 Å². The van der Waals surface area contributed by atoms with E-state index in [1.54, 1.807) is 12.3 Å². The van der Waals surface area contributed by atoms with Crippen LogP contribution < -0.4 is 11.1 Å². The van der Waals surface area contributed by atoms with E-state index in [2.05, 4.69) is 15.5 Å². The second-order valence-corrected chi connectivity index (χ2v) is 5.07. The van der Waals surface area contributed by atoms with Crippen LogP contribution in [0.25, 0.3) is 0 Å². The molecule has 1 aromatic carbocycles. The summed E-state index contributed by atoms with van der Waals surface area (Å²) in [6, 6.07) is 11.5. The number of pyridine rings is 1. The zero-order chi connectivity index (χ0) is 15.2. The lowest BCUT2D eigenvalue weighted by Gasteiger charge is -2.15. The normalized spacial score (nSPS) is 13.1. The Morgan fingerprint density at radius 3 is 2.90 bits per heavy atom. The van der Waals surface area contributed by atoms with Gasteiger partial charge in [-0.3, -0.25) is 4.98 Å². The summed E-state index contributed by atoms with van der Waals surface area (Å²) in [5.74, 6) is -0.00370. The SMILES string of the molecule is C[C@@H](NCc1ccnc(/C(N)=N/O)c1)c1ccccc1Cl. The van der Waals surface area contributed by atoms with E-state index in [0.29, 0.717) is 12.2 Å². The lowest BCUT2D eigenvalue weighted by molar-refractivity contribution is 0.318. The van der Waals surface area contributed by atoms with Crippen LogP contribution in [0.3, 0.4) is 0 Å². The minimum absolute atomic E-state index is 0.00370. The van der Waals surface area contributed by atoms with Crippen molar-refractivity contribution >= 4 is 17.4 Å². The van der Waals surface area contributed by atoms with Gasteiger partial charge < -0.3 is 16.3 Å². The Balaban J connectivity index is 2.05. The van der Waals surface area contributed by atoms with E-state index in [9.17, 15) is 0 Å². The molecule has 5 nitrogen and oxygen atoms in total. The smallest absolute Gasteiger partial charge is 0.188 e. The third-order valence-corrected chi connectivity index (χ3v) is 3.52. The van der Waals surface area contributed by atoms with Gasteiger partial charge in [-0.25, -0.2) is 0 Å². The maximum Gasteiger partial charge on any atom is 0.188 e. The van der Waals surface area contributed by atoms with Crippen LogP contribution in [0.1, 0.15) is 29.8 Å². The summed E-state index contributed by atoms with van der Waals surface area (Å²) >= 11 is 6.18. The first-order valence-electron chi connectivity index (χ1n) is 6.52. The Labute approximate surface area is 128 Å². The number of hydrogen-bond donors (Lipinski definition) is 3. The van der Waals surface area contributed by atoms with E-state index in [4.69, 9.17) is 22.5 Å². The van der Waals surface area contributed by atoms with Gasteiger partial charge in [-0.05, 0) is 36.2 Å². The van der Waals surface area contributed by atoms with Gasteiger partial charge in [-0.2, -0.15) is 0 Å². The number of amidine groups is 1. The number of nitrogens with two attached hydrogens (primary N) is 1. The van der Waals surface area contributed by atoms with Crippen LogP contribution in [0.2, 0.25) is 5.02 Å². The van der Waals surface area contributed by atoms with Gasteiger partial charge in [-0.1, -0.05) is 35.0 Å². The van der Waals surface area contributed by atoms with Gasteiger partial charge in [0.05, 0.1) is 0 Å². The first-order chi connectivity index (χ1) is 10.1. The van der Waals surface area contributed by atoms with Gasteiger partial charge in [0.1, 0.15) is 5.69 Å². The van der Waals surface area contributed by atoms with Gasteiger partial charge in [0.25, 0.3) is 0 Å². The number of benzene rings is 1. The minimum atomic E-state index is -0.00370. The number of halogens is 1. The Kier molecular flexibility index (Phi) is 5.14. The molecule has 1 atom stereocenters.